The van der Waals surface area contributed by atoms with E-state index in [-0.39, 0.29) is 4.90 Å². The van der Waals surface area contributed by atoms with E-state index in [1.165, 1.54) is 0 Å². The maximum absolute atomic E-state index is 13.0. The molecule has 2 heterocycles. The molecule has 0 radical (unpaired) electrons. The minimum atomic E-state index is -3.80. The number of nitrogens with one attached hydrogen (secondary N) is 2. The van der Waals surface area contributed by atoms with Gasteiger partial charge < -0.3 is 0 Å². The van der Waals surface area contributed by atoms with Crippen molar-refractivity contribution in [1.29, 1.82) is 0 Å². The summed E-state index contributed by atoms with van der Waals surface area (Å²) in [6, 6.07) is 20.3. The van der Waals surface area contributed by atoms with E-state index in [1.54, 1.807) is 77.5 Å². The van der Waals surface area contributed by atoms with Crippen LogP contribution in [0.1, 0.15) is 0 Å². The number of anilines is 2. The highest BCUT2D eigenvalue weighted by Crippen LogP contribution is 2.45. The van der Waals surface area contributed by atoms with Gasteiger partial charge >= 0.3 is 0 Å². The zero-order valence-electron chi connectivity index (χ0n) is 17.2. The highest BCUT2D eigenvalue weighted by atomic mass is 35.5. The van der Waals surface area contributed by atoms with Crippen molar-refractivity contribution in [2.24, 2.45) is 0 Å². The SMILES string of the molecule is CS(=O)(=O)Nc1ccc(-n2nc(-c3ccc(Cl)cc3)c3c2-c2ccccc2S(=O)(=O)N3)cc1. The van der Waals surface area contributed by atoms with Crippen LogP contribution in [-0.2, 0) is 20.0 Å². The first kappa shape index (κ1) is 21.5. The summed E-state index contributed by atoms with van der Waals surface area (Å²) in [7, 11) is -7.21. The molecular formula is C22H17ClN4O4S2. The number of hydrogen-bond acceptors (Lipinski definition) is 5. The highest BCUT2D eigenvalue weighted by molar-refractivity contribution is 7.93. The average molecular weight is 501 g/mol. The fraction of sp³-hybridized carbons (Fsp3) is 0.0455. The van der Waals surface area contributed by atoms with Crippen LogP contribution in [0, 0.1) is 0 Å². The van der Waals surface area contributed by atoms with Crippen molar-refractivity contribution in [3.8, 4) is 28.2 Å². The lowest BCUT2D eigenvalue weighted by molar-refractivity contribution is 0.600. The Balaban J connectivity index is 1.74. The lowest BCUT2D eigenvalue weighted by Gasteiger charge is -2.20. The second kappa shape index (κ2) is 7.62. The Bertz CT molecular complexity index is 1600. The molecule has 2 N–H and O–H groups in total. The predicted molar refractivity (Wildman–Crippen MR) is 129 cm³/mol. The summed E-state index contributed by atoms with van der Waals surface area (Å²) in [4.78, 5) is 0.150. The van der Waals surface area contributed by atoms with Gasteiger partial charge in [0.2, 0.25) is 10.0 Å². The van der Waals surface area contributed by atoms with Gasteiger partial charge in [0, 0.05) is 21.8 Å². The molecule has 1 aliphatic rings. The standard InChI is InChI=1S/C22H17ClN4O4S2/c1-32(28,29)25-16-10-12-17(13-11-16)27-22-18-4-2-3-5-19(18)33(30,31)26-21(22)20(24-27)14-6-8-15(23)9-7-14/h2-13,25-26H,1H3. The van der Waals surface area contributed by atoms with Gasteiger partial charge in [-0.1, -0.05) is 41.9 Å². The summed E-state index contributed by atoms with van der Waals surface area (Å²) in [5, 5.41) is 5.29. The van der Waals surface area contributed by atoms with Gasteiger partial charge in [0.05, 0.1) is 16.8 Å². The fourth-order valence-corrected chi connectivity index (χ4v) is 5.71. The number of sulfonamides is 2. The third kappa shape index (κ3) is 3.97. The molecule has 0 amide bonds. The van der Waals surface area contributed by atoms with Crippen LogP contribution < -0.4 is 9.44 Å². The molecule has 0 bridgehead atoms. The van der Waals surface area contributed by atoms with Crippen LogP contribution in [0.5, 0.6) is 0 Å². The van der Waals surface area contributed by atoms with Crippen LogP contribution in [0.2, 0.25) is 5.02 Å². The molecule has 1 aromatic heterocycles. The summed E-state index contributed by atoms with van der Waals surface area (Å²) in [6.45, 7) is 0. The maximum atomic E-state index is 13.0. The molecule has 0 spiro atoms. The van der Waals surface area contributed by atoms with Crippen LogP contribution >= 0.6 is 11.6 Å². The molecule has 33 heavy (non-hydrogen) atoms. The Hall–Kier alpha value is -3.34. The Morgan fingerprint density at radius 3 is 2.30 bits per heavy atom. The lowest BCUT2D eigenvalue weighted by Crippen LogP contribution is -2.19. The molecule has 4 aromatic rings. The topological polar surface area (TPSA) is 110 Å². The van der Waals surface area contributed by atoms with Gasteiger partial charge in [-0.2, -0.15) is 5.10 Å². The number of fused-ring (bicyclic) bond motifs is 3. The number of rotatable bonds is 4. The van der Waals surface area contributed by atoms with E-state index in [1.807, 2.05) is 0 Å². The van der Waals surface area contributed by atoms with Gasteiger partial charge in [-0.25, -0.2) is 21.5 Å². The summed E-state index contributed by atoms with van der Waals surface area (Å²) in [6.07, 6.45) is 1.08. The number of aromatic nitrogens is 2. The molecule has 0 fully saturated rings. The van der Waals surface area contributed by atoms with Crippen LogP contribution in [0.3, 0.4) is 0 Å². The minimum absolute atomic E-state index is 0.150. The molecule has 0 saturated heterocycles. The van der Waals surface area contributed by atoms with E-state index >= 15 is 0 Å². The third-order valence-electron chi connectivity index (χ3n) is 5.09. The molecule has 11 heteroatoms. The molecule has 1 aliphatic heterocycles. The van der Waals surface area contributed by atoms with Gasteiger partial charge in [-0.15, -0.1) is 0 Å². The van der Waals surface area contributed by atoms with Gasteiger partial charge in [0.25, 0.3) is 10.0 Å². The van der Waals surface area contributed by atoms with Crippen LogP contribution in [-0.4, -0.2) is 32.9 Å². The highest BCUT2D eigenvalue weighted by Gasteiger charge is 2.34. The molecule has 168 valence electrons. The van der Waals surface area contributed by atoms with Crippen molar-refractivity contribution in [2.45, 2.75) is 4.90 Å². The van der Waals surface area contributed by atoms with Crippen molar-refractivity contribution < 1.29 is 16.8 Å². The van der Waals surface area contributed by atoms with Crippen molar-refractivity contribution in [1.82, 2.24) is 9.78 Å². The normalized spacial score (nSPS) is 14.1. The molecular weight excluding hydrogens is 484 g/mol. The Morgan fingerprint density at radius 2 is 1.64 bits per heavy atom. The van der Waals surface area contributed by atoms with Crippen LogP contribution in [0.25, 0.3) is 28.2 Å². The molecule has 5 rings (SSSR count). The summed E-state index contributed by atoms with van der Waals surface area (Å²) >= 11 is 6.03. The fourth-order valence-electron chi connectivity index (χ4n) is 3.73. The molecule has 0 atom stereocenters. The predicted octanol–water partition coefficient (Wildman–Crippen LogP) is 4.35. The van der Waals surface area contributed by atoms with Crippen LogP contribution in [0.4, 0.5) is 11.4 Å². The van der Waals surface area contributed by atoms with E-state index in [0.29, 0.717) is 44.6 Å². The zero-order chi connectivity index (χ0) is 23.4. The van der Waals surface area contributed by atoms with Gasteiger partial charge in [0.1, 0.15) is 17.1 Å². The number of halogens is 1. The second-order valence-corrected chi connectivity index (χ2v) is 11.3. The van der Waals surface area contributed by atoms with E-state index in [9.17, 15) is 16.8 Å². The van der Waals surface area contributed by atoms with Crippen molar-refractivity contribution in [3.63, 3.8) is 0 Å². The Kier molecular flexibility index (Phi) is 4.96. The second-order valence-electron chi connectivity index (χ2n) is 7.51. The number of benzene rings is 3. The largest absolute Gasteiger partial charge is 0.284 e. The molecule has 0 unspecified atom stereocenters. The first-order valence-corrected chi connectivity index (χ1v) is 13.5. The molecule has 3 aromatic carbocycles. The minimum Gasteiger partial charge on any atom is -0.284 e. The van der Waals surface area contributed by atoms with Crippen LogP contribution in [0.15, 0.2) is 77.7 Å². The zero-order valence-corrected chi connectivity index (χ0v) is 19.5. The van der Waals surface area contributed by atoms with E-state index in [4.69, 9.17) is 16.7 Å². The smallest absolute Gasteiger partial charge is 0.262 e. The summed E-state index contributed by atoms with van der Waals surface area (Å²) in [5.41, 5.74) is 3.61. The lowest BCUT2D eigenvalue weighted by atomic mass is 10.1. The average Bonchev–Trinajstić information content (AvgIpc) is 3.12. The molecule has 0 aliphatic carbocycles. The first-order chi connectivity index (χ1) is 15.6. The molecule has 8 nitrogen and oxygen atoms in total. The van der Waals surface area contributed by atoms with E-state index in [2.05, 4.69) is 9.44 Å². The summed E-state index contributed by atoms with van der Waals surface area (Å²) < 4.78 is 55.7. The van der Waals surface area contributed by atoms with Crippen molar-refractivity contribution in [2.75, 3.05) is 15.7 Å². The Labute approximate surface area is 195 Å². The van der Waals surface area contributed by atoms with Gasteiger partial charge in [-0.05, 0) is 42.5 Å². The Morgan fingerprint density at radius 1 is 0.970 bits per heavy atom. The van der Waals surface area contributed by atoms with Gasteiger partial charge in [-0.3, -0.25) is 9.44 Å². The number of hydrogen-bond donors (Lipinski definition) is 2. The third-order valence-corrected chi connectivity index (χ3v) is 7.35. The van der Waals surface area contributed by atoms with Crippen molar-refractivity contribution in [3.05, 3.63) is 77.8 Å². The van der Waals surface area contributed by atoms with Gasteiger partial charge in [0.15, 0.2) is 0 Å². The monoisotopic (exact) mass is 500 g/mol. The molecule has 0 saturated carbocycles. The number of nitrogens with zero attached hydrogens (tertiary/aromatic N) is 2. The maximum Gasteiger partial charge on any atom is 0.262 e. The first-order valence-electron chi connectivity index (χ1n) is 9.72. The summed E-state index contributed by atoms with van der Waals surface area (Å²) in [5.74, 6) is 0. The van der Waals surface area contributed by atoms with E-state index in [0.717, 1.165) is 6.26 Å². The van der Waals surface area contributed by atoms with E-state index < -0.39 is 20.0 Å². The van der Waals surface area contributed by atoms with Crippen molar-refractivity contribution >= 4 is 43.0 Å². The quantitative estimate of drug-likeness (QED) is 0.433.